The van der Waals surface area contributed by atoms with Crippen LogP contribution in [-0.4, -0.2) is 64.9 Å². The number of hydrogen-bond acceptors (Lipinski definition) is 7. The normalized spacial score (nSPS) is 15.4. The van der Waals surface area contributed by atoms with Crippen molar-refractivity contribution in [1.82, 2.24) is 19.8 Å². The van der Waals surface area contributed by atoms with Crippen LogP contribution in [-0.2, 0) is 11.2 Å². The molecule has 7 nitrogen and oxygen atoms in total. The summed E-state index contributed by atoms with van der Waals surface area (Å²) in [7, 11) is 0. The van der Waals surface area contributed by atoms with E-state index in [1.54, 1.807) is 0 Å². The Hall–Kier alpha value is -2.19. The maximum atomic E-state index is 12.2. The monoisotopic (exact) mass is 346 g/mol. The van der Waals surface area contributed by atoms with Crippen molar-refractivity contribution < 1.29 is 4.79 Å². The second-order valence-corrected chi connectivity index (χ2v) is 6.64. The summed E-state index contributed by atoms with van der Waals surface area (Å²) in [5.41, 5.74) is 6.88. The summed E-state index contributed by atoms with van der Waals surface area (Å²) >= 11 is 1.36. The average molecular weight is 346 g/mol. The number of carbonyl (C=O) groups is 1. The summed E-state index contributed by atoms with van der Waals surface area (Å²) in [5.74, 6) is 0.775. The molecule has 128 valence electrons. The number of carbonyl (C=O) groups excluding carboxylic acids is 1. The van der Waals surface area contributed by atoms with Gasteiger partial charge in [-0.25, -0.2) is 4.98 Å². The molecular formula is C16H22N6OS. The molecule has 0 saturated carbocycles. The average Bonchev–Trinajstić information content (AvgIpc) is 3.04. The predicted octanol–water partition coefficient (Wildman–Crippen LogP) is 0.919. The first-order valence-electron chi connectivity index (χ1n) is 8.04. The van der Waals surface area contributed by atoms with E-state index in [0.717, 1.165) is 39.1 Å². The third-order valence-electron chi connectivity index (χ3n) is 4.13. The van der Waals surface area contributed by atoms with Gasteiger partial charge in [0, 0.05) is 50.5 Å². The molecule has 8 heteroatoms. The summed E-state index contributed by atoms with van der Waals surface area (Å²) in [4.78, 5) is 24.7. The first-order chi connectivity index (χ1) is 11.7. The molecule has 1 fully saturated rings. The Morgan fingerprint density at radius 2 is 2.00 bits per heavy atom. The molecule has 0 aromatic carbocycles. The lowest BCUT2D eigenvalue weighted by Gasteiger charge is -2.34. The molecule has 0 atom stereocenters. The van der Waals surface area contributed by atoms with Crippen LogP contribution < -0.4 is 11.1 Å². The van der Waals surface area contributed by atoms with E-state index in [0.29, 0.717) is 10.9 Å². The molecule has 0 radical (unpaired) electrons. The van der Waals surface area contributed by atoms with Crippen molar-refractivity contribution in [1.29, 1.82) is 0 Å². The number of amides is 1. The standard InChI is InChI=1S/C16H22N6OS/c17-16-20-14(12-24-16)19-11-15(23)22-9-7-21(8-10-22)6-3-13-1-4-18-5-2-13/h1-2,4-5,12,19H,3,6-11H2,(H2,17,20). The van der Waals surface area contributed by atoms with E-state index < -0.39 is 0 Å². The van der Waals surface area contributed by atoms with Gasteiger partial charge < -0.3 is 16.0 Å². The van der Waals surface area contributed by atoms with Crippen LogP contribution in [0.25, 0.3) is 0 Å². The molecule has 0 unspecified atom stereocenters. The summed E-state index contributed by atoms with van der Waals surface area (Å²) in [5, 5.41) is 5.36. The number of thiazole rings is 1. The van der Waals surface area contributed by atoms with Gasteiger partial charge in [-0.2, -0.15) is 0 Å². The van der Waals surface area contributed by atoms with Gasteiger partial charge in [-0.1, -0.05) is 0 Å². The highest BCUT2D eigenvalue weighted by Crippen LogP contribution is 2.15. The number of nitrogens with two attached hydrogens (primary N) is 1. The molecule has 0 spiro atoms. The van der Waals surface area contributed by atoms with E-state index in [1.807, 2.05) is 22.7 Å². The molecule has 2 aromatic heterocycles. The lowest BCUT2D eigenvalue weighted by Crippen LogP contribution is -2.50. The number of pyridine rings is 1. The molecule has 0 aliphatic carbocycles. The third-order valence-corrected chi connectivity index (χ3v) is 4.81. The molecule has 1 aliphatic rings. The van der Waals surface area contributed by atoms with Crippen LogP contribution in [0.2, 0.25) is 0 Å². The van der Waals surface area contributed by atoms with Gasteiger partial charge in [-0.15, -0.1) is 11.3 Å². The topological polar surface area (TPSA) is 87.4 Å². The van der Waals surface area contributed by atoms with Gasteiger partial charge in [0.15, 0.2) is 5.13 Å². The van der Waals surface area contributed by atoms with Crippen LogP contribution in [0.3, 0.4) is 0 Å². The van der Waals surface area contributed by atoms with E-state index in [1.165, 1.54) is 16.9 Å². The molecule has 1 amide bonds. The zero-order valence-corrected chi connectivity index (χ0v) is 14.3. The first kappa shape index (κ1) is 16.7. The second-order valence-electron chi connectivity index (χ2n) is 5.75. The molecule has 3 heterocycles. The number of hydrogen-bond donors (Lipinski definition) is 2. The van der Waals surface area contributed by atoms with Crippen molar-refractivity contribution in [2.24, 2.45) is 0 Å². The molecule has 1 aliphatic heterocycles. The number of nitrogens with zero attached hydrogens (tertiary/aromatic N) is 4. The highest BCUT2D eigenvalue weighted by atomic mass is 32.1. The Labute approximate surface area is 145 Å². The smallest absolute Gasteiger partial charge is 0.242 e. The summed E-state index contributed by atoms with van der Waals surface area (Å²) in [6, 6.07) is 4.10. The lowest BCUT2D eigenvalue weighted by atomic mass is 10.2. The van der Waals surface area contributed by atoms with Crippen molar-refractivity contribution in [3.63, 3.8) is 0 Å². The van der Waals surface area contributed by atoms with Gasteiger partial charge in [-0.05, 0) is 24.1 Å². The van der Waals surface area contributed by atoms with Crippen LogP contribution >= 0.6 is 11.3 Å². The van der Waals surface area contributed by atoms with Crippen LogP contribution in [0.15, 0.2) is 29.9 Å². The van der Waals surface area contributed by atoms with Gasteiger partial charge >= 0.3 is 0 Å². The van der Waals surface area contributed by atoms with E-state index in [-0.39, 0.29) is 12.5 Å². The molecule has 24 heavy (non-hydrogen) atoms. The molecule has 0 bridgehead atoms. The second kappa shape index (κ2) is 8.07. The Bertz CT molecular complexity index is 654. The number of anilines is 2. The van der Waals surface area contributed by atoms with Crippen LogP contribution in [0.5, 0.6) is 0 Å². The van der Waals surface area contributed by atoms with Gasteiger partial charge in [0.25, 0.3) is 0 Å². The Balaban J connectivity index is 1.37. The maximum absolute atomic E-state index is 12.2. The molecule has 1 saturated heterocycles. The molecule has 3 N–H and O–H groups in total. The van der Waals surface area contributed by atoms with Gasteiger partial charge in [0.05, 0.1) is 6.54 Å². The number of piperazine rings is 1. The van der Waals surface area contributed by atoms with Crippen molar-refractivity contribution in [2.45, 2.75) is 6.42 Å². The van der Waals surface area contributed by atoms with E-state index in [4.69, 9.17) is 5.73 Å². The first-order valence-corrected chi connectivity index (χ1v) is 8.92. The zero-order valence-electron chi connectivity index (χ0n) is 13.5. The lowest BCUT2D eigenvalue weighted by molar-refractivity contribution is -0.131. The van der Waals surface area contributed by atoms with Crippen LogP contribution in [0.4, 0.5) is 10.9 Å². The molecular weight excluding hydrogens is 324 g/mol. The van der Waals surface area contributed by atoms with Crippen molar-refractivity contribution in [3.8, 4) is 0 Å². The largest absolute Gasteiger partial charge is 0.375 e. The Morgan fingerprint density at radius 1 is 1.25 bits per heavy atom. The fourth-order valence-electron chi connectivity index (χ4n) is 2.70. The van der Waals surface area contributed by atoms with E-state index >= 15 is 0 Å². The van der Waals surface area contributed by atoms with Gasteiger partial charge in [0.1, 0.15) is 5.82 Å². The summed E-state index contributed by atoms with van der Waals surface area (Å²) in [6.45, 7) is 4.66. The van der Waals surface area contributed by atoms with Crippen LogP contribution in [0.1, 0.15) is 5.56 Å². The minimum atomic E-state index is 0.107. The molecule has 3 rings (SSSR count). The van der Waals surface area contributed by atoms with Crippen molar-refractivity contribution in [3.05, 3.63) is 35.5 Å². The quantitative estimate of drug-likeness (QED) is 0.809. The fourth-order valence-corrected chi connectivity index (χ4v) is 3.22. The van der Waals surface area contributed by atoms with Crippen molar-refractivity contribution >= 4 is 28.2 Å². The summed E-state index contributed by atoms with van der Waals surface area (Å²) < 4.78 is 0. The molecule has 2 aromatic rings. The Morgan fingerprint density at radius 3 is 2.67 bits per heavy atom. The van der Waals surface area contributed by atoms with Gasteiger partial charge in [-0.3, -0.25) is 14.7 Å². The summed E-state index contributed by atoms with van der Waals surface area (Å²) in [6.07, 6.45) is 4.67. The number of nitrogens with one attached hydrogen (secondary N) is 1. The fraction of sp³-hybridized carbons (Fsp3) is 0.438. The van der Waals surface area contributed by atoms with E-state index in [9.17, 15) is 4.79 Å². The number of rotatable bonds is 6. The number of nitrogen functional groups attached to an aromatic ring is 1. The predicted molar refractivity (Wildman–Crippen MR) is 96.0 cm³/mol. The Kier molecular flexibility index (Phi) is 5.60. The van der Waals surface area contributed by atoms with Gasteiger partial charge in [0.2, 0.25) is 5.91 Å². The SMILES string of the molecule is Nc1nc(NCC(=O)N2CCN(CCc3ccncc3)CC2)cs1. The number of aromatic nitrogens is 2. The highest BCUT2D eigenvalue weighted by molar-refractivity contribution is 7.13. The highest BCUT2D eigenvalue weighted by Gasteiger charge is 2.20. The van der Waals surface area contributed by atoms with E-state index in [2.05, 4.69) is 32.3 Å². The maximum Gasteiger partial charge on any atom is 0.242 e. The van der Waals surface area contributed by atoms with Crippen molar-refractivity contribution in [2.75, 3.05) is 50.3 Å². The third kappa shape index (κ3) is 4.65. The zero-order chi connectivity index (χ0) is 16.8. The van der Waals surface area contributed by atoms with Crippen LogP contribution in [0, 0.1) is 0 Å². The minimum absolute atomic E-state index is 0.107. The minimum Gasteiger partial charge on any atom is -0.375 e.